The Morgan fingerprint density at radius 2 is 1.94 bits per heavy atom. The fraction of sp³-hybridized carbons (Fsp3) is 0.538. The van der Waals surface area contributed by atoms with E-state index in [1.54, 1.807) is 7.11 Å². The van der Waals surface area contributed by atoms with Gasteiger partial charge in [-0.15, -0.1) is 0 Å². The molecule has 0 heterocycles. The molecule has 0 fully saturated rings. The Labute approximate surface area is 116 Å². The molecule has 1 unspecified atom stereocenters. The first-order valence-electron chi connectivity index (χ1n) is 5.93. The second-order valence-corrected chi connectivity index (χ2v) is 5.00. The van der Waals surface area contributed by atoms with Crippen LogP contribution in [-0.4, -0.2) is 55.1 Å². The molecule has 0 aromatic heterocycles. The Morgan fingerprint density at radius 1 is 1.28 bits per heavy atom. The van der Waals surface area contributed by atoms with Gasteiger partial charge in [0.15, 0.2) is 0 Å². The molecular formula is C13H20BrNO3. The minimum Gasteiger partial charge on any atom is -0.395 e. The largest absolute Gasteiger partial charge is 0.395 e. The van der Waals surface area contributed by atoms with Crippen molar-refractivity contribution >= 4 is 15.9 Å². The SMILES string of the molecule is COCCN(CCO)CC(O)c1ccc(Br)cc1. The average Bonchev–Trinajstić information content (AvgIpc) is 2.37. The lowest BCUT2D eigenvalue weighted by Gasteiger charge is -2.24. The van der Waals surface area contributed by atoms with Crippen molar-refractivity contribution in [2.75, 3.05) is 40.0 Å². The van der Waals surface area contributed by atoms with E-state index in [4.69, 9.17) is 9.84 Å². The maximum atomic E-state index is 10.1. The highest BCUT2D eigenvalue weighted by atomic mass is 79.9. The molecule has 0 amide bonds. The van der Waals surface area contributed by atoms with E-state index >= 15 is 0 Å². The molecule has 0 bridgehead atoms. The quantitative estimate of drug-likeness (QED) is 0.761. The lowest BCUT2D eigenvalue weighted by Crippen LogP contribution is -2.34. The van der Waals surface area contributed by atoms with E-state index in [0.717, 1.165) is 10.0 Å². The maximum Gasteiger partial charge on any atom is 0.0916 e. The Balaban J connectivity index is 2.53. The molecule has 0 radical (unpaired) electrons. The third-order valence-corrected chi connectivity index (χ3v) is 3.24. The molecule has 5 heteroatoms. The van der Waals surface area contributed by atoms with Crippen LogP contribution in [0.2, 0.25) is 0 Å². The minimum atomic E-state index is -0.554. The van der Waals surface area contributed by atoms with Gasteiger partial charge in [0.05, 0.1) is 19.3 Å². The number of aliphatic hydroxyl groups is 2. The molecule has 0 spiro atoms. The van der Waals surface area contributed by atoms with Gasteiger partial charge in [0.1, 0.15) is 0 Å². The standard InChI is InChI=1S/C13H20BrNO3/c1-18-9-7-15(6-8-16)10-13(17)11-2-4-12(14)5-3-11/h2-5,13,16-17H,6-10H2,1H3. The molecule has 102 valence electrons. The van der Waals surface area contributed by atoms with E-state index < -0.39 is 6.10 Å². The molecule has 1 rings (SSSR count). The molecule has 18 heavy (non-hydrogen) atoms. The normalized spacial score (nSPS) is 12.9. The minimum absolute atomic E-state index is 0.0801. The number of hydrogen-bond acceptors (Lipinski definition) is 4. The molecular weight excluding hydrogens is 298 g/mol. The molecule has 0 saturated carbocycles. The maximum absolute atomic E-state index is 10.1. The monoisotopic (exact) mass is 317 g/mol. The van der Waals surface area contributed by atoms with Crippen LogP contribution >= 0.6 is 15.9 Å². The Hall–Kier alpha value is -0.460. The van der Waals surface area contributed by atoms with Crippen LogP contribution in [0.25, 0.3) is 0 Å². The van der Waals surface area contributed by atoms with Gasteiger partial charge in [0.25, 0.3) is 0 Å². The first-order chi connectivity index (χ1) is 8.67. The topological polar surface area (TPSA) is 52.9 Å². The smallest absolute Gasteiger partial charge is 0.0916 e. The van der Waals surface area contributed by atoms with Crippen molar-refractivity contribution in [2.45, 2.75) is 6.10 Å². The molecule has 0 aliphatic heterocycles. The van der Waals surface area contributed by atoms with Crippen LogP contribution in [0.15, 0.2) is 28.7 Å². The zero-order chi connectivity index (χ0) is 13.4. The Kier molecular flexibility index (Phi) is 7.46. The van der Waals surface area contributed by atoms with Crippen LogP contribution in [0.3, 0.4) is 0 Å². The molecule has 1 aromatic rings. The summed E-state index contributed by atoms with van der Waals surface area (Å²) in [5.41, 5.74) is 0.874. The number of benzene rings is 1. The number of hydrogen-bond donors (Lipinski definition) is 2. The van der Waals surface area contributed by atoms with Crippen LogP contribution in [0.5, 0.6) is 0 Å². The number of nitrogens with zero attached hydrogens (tertiary/aromatic N) is 1. The van der Waals surface area contributed by atoms with Gasteiger partial charge in [-0.25, -0.2) is 0 Å². The van der Waals surface area contributed by atoms with E-state index in [2.05, 4.69) is 15.9 Å². The van der Waals surface area contributed by atoms with E-state index in [0.29, 0.717) is 26.2 Å². The highest BCUT2D eigenvalue weighted by molar-refractivity contribution is 9.10. The zero-order valence-electron chi connectivity index (χ0n) is 10.6. The van der Waals surface area contributed by atoms with Gasteiger partial charge in [0, 0.05) is 31.2 Å². The summed E-state index contributed by atoms with van der Waals surface area (Å²) < 4.78 is 6.00. The summed E-state index contributed by atoms with van der Waals surface area (Å²) in [4.78, 5) is 1.98. The fourth-order valence-electron chi connectivity index (χ4n) is 1.69. The van der Waals surface area contributed by atoms with E-state index in [-0.39, 0.29) is 6.61 Å². The summed E-state index contributed by atoms with van der Waals surface area (Å²) in [5.74, 6) is 0. The van der Waals surface area contributed by atoms with Crippen LogP contribution < -0.4 is 0 Å². The number of ether oxygens (including phenoxy) is 1. The predicted octanol–water partition coefficient (Wildman–Crippen LogP) is 1.42. The molecule has 1 atom stereocenters. The molecule has 0 aliphatic carbocycles. The van der Waals surface area contributed by atoms with Crippen molar-refractivity contribution in [3.05, 3.63) is 34.3 Å². The number of rotatable bonds is 8. The lowest BCUT2D eigenvalue weighted by molar-refractivity contribution is 0.0779. The third kappa shape index (κ3) is 5.46. The second-order valence-electron chi connectivity index (χ2n) is 4.08. The molecule has 4 nitrogen and oxygen atoms in total. The van der Waals surface area contributed by atoms with Gasteiger partial charge in [-0.3, -0.25) is 4.90 Å². The summed E-state index contributed by atoms with van der Waals surface area (Å²) >= 11 is 3.36. The predicted molar refractivity (Wildman–Crippen MR) is 74.5 cm³/mol. The van der Waals surface area contributed by atoms with E-state index in [9.17, 15) is 5.11 Å². The van der Waals surface area contributed by atoms with Crippen molar-refractivity contribution in [1.29, 1.82) is 0 Å². The van der Waals surface area contributed by atoms with Crippen molar-refractivity contribution in [1.82, 2.24) is 4.90 Å². The molecule has 0 saturated heterocycles. The van der Waals surface area contributed by atoms with Crippen molar-refractivity contribution in [3.63, 3.8) is 0 Å². The van der Waals surface area contributed by atoms with Gasteiger partial charge in [-0.05, 0) is 17.7 Å². The van der Waals surface area contributed by atoms with Crippen LogP contribution in [0, 0.1) is 0 Å². The van der Waals surface area contributed by atoms with Gasteiger partial charge in [-0.2, -0.15) is 0 Å². The first kappa shape index (κ1) is 15.6. The van der Waals surface area contributed by atoms with Crippen molar-refractivity contribution in [2.24, 2.45) is 0 Å². The summed E-state index contributed by atoms with van der Waals surface area (Å²) in [6, 6.07) is 7.60. The zero-order valence-corrected chi connectivity index (χ0v) is 12.1. The van der Waals surface area contributed by atoms with Gasteiger partial charge < -0.3 is 14.9 Å². The molecule has 1 aromatic carbocycles. The summed E-state index contributed by atoms with van der Waals surface area (Å²) in [6.45, 7) is 2.40. The highest BCUT2D eigenvalue weighted by Crippen LogP contribution is 2.17. The summed E-state index contributed by atoms with van der Waals surface area (Å²) in [7, 11) is 1.64. The van der Waals surface area contributed by atoms with Crippen molar-refractivity contribution < 1.29 is 14.9 Å². The number of halogens is 1. The molecule has 2 N–H and O–H groups in total. The summed E-state index contributed by atoms with van der Waals surface area (Å²) in [6.07, 6.45) is -0.554. The van der Waals surface area contributed by atoms with Gasteiger partial charge in [-0.1, -0.05) is 28.1 Å². The van der Waals surface area contributed by atoms with E-state index in [1.807, 2.05) is 29.2 Å². The lowest BCUT2D eigenvalue weighted by atomic mass is 10.1. The summed E-state index contributed by atoms with van der Waals surface area (Å²) in [5, 5.41) is 19.1. The second kappa shape index (κ2) is 8.61. The Morgan fingerprint density at radius 3 is 2.50 bits per heavy atom. The highest BCUT2D eigenvalue weighted by Gasteiger charge is 2.13. The van der Waals surface area contributed by atoms with Crippen molar-refractivity contribution in [3.8, 4) is 0 Å². The van der Waals surface area contributed by atoms with Crippen LogP contribution in [0.4, 0.5) is 0 Å². The first-order valence-corrected chi connectivity index (χ1v) is 6.72. The number of methoxy groups -OCH3 is 1. The van der Waals surface area contributed by atoms with Crippen LogP contribution in [0.1, 0.15) is 11.7 Å². The third-order valence-electron chi connectivity index (χ3n) is 2.71. The average molecular weight is 318 g/mol. The Bertz CT molecular complexity index is 332. The molecule has 0 aliphatic rings. The van der Waals surface area contributed by atoms with Gasteiger partial charge >= 0.3 is 0 Å². The van der Waals surface area contributed by atoms with E-state index in [1.165, 1.54) is 0 Å². The van der Waals surface area contributed by atoms with Gasteiger partial charge in [0.2, 0.25) is 0 Å². The van der Waals surface area contributed by atoms with Crippen LogP contribution in [-0.2, 0) is 4.74 Å². The fourth-order valence-corrected chi connectivity index (χ4v) is 1.96. The number of aliphatic hydroxyl groups excluding tert-OH is 2.